The van der Waals surface area contributed by atoms with E-state index in [1.807, 2.05) is 12.1 Å². The Morgan fingerprint density at radius 2 is 1.88 bits per heavy atom. The number of hydrogen-bond acceptors (Lipinski definition) is 3. The minimum Gasteiger partial charge on any atom is -0.493 e. The second-order valence-electron chi connectivity index (χ2n) is 4.17. The SMILES string of the molecule is CSc1ccc(OCC(CS)C(C)C)cc1. The predicted octanol–water partition coefficient (Wildman–Crippen LogP) is 3.99. The molecular formula is C13H20OS2. The van der Waals surface area contributed by atoms with Gasteiger partial charge in [-0.1, -0.05) is 13.8 Å². The Balaban J connectivity index is 2.47. The summed E-state index contributed by atoms with van der Waals surface area (Å²) in [5.74, 6) is 2.96. The van der Waals surface area contributed by atoms with Crippen molar-refractivity contribution >= 4 is 24.4 Å². The zero-order chi connectivity index (χ0) is 12.0. The first kappa shape index (κ1) is 13.8. The Bertz CT molecular complexity index is 295. The second-order valence-corrected chi connectivity index (χ2v) is 5.42. The van der Waals surface area contributed by atoms with Crippen LogP contribution in [0.4, 0.5) is 0 Å². The van der Waals surface area contributed by atoms with Crippen molar-refractivity contribution in [2.45, 2.75) is 18.7 Å². The molecule has 0 bridgehead atoms. The zero-order valence-electron chi connectivity index (χ0n) is 10.1. The van der Waals surface area contributed by atoms with Crippen molar-refractivity contribution in [3.63, 3.8) is 0 Å². The Labute approximate surface area is 108 Å². The largest absolute Gasteiger partial charge is 0.493 e. The van der Waals surface area contributed by atoms with E-state index in [1.165, 1.54) is 4.90 Å². The molecule has 0 radical (unpaired) electrons. The van der Waals surface area contributed by atoms with Gasteiger partial charge in [0, 0.05) is 10.8 Å². The molecule has 16 heavy (non-hydrogen) atoms. The summed E-state index contributed by atoms with van der Waals surface area (Å²) in [6, 6.07) is 8.24. The van der Waals surface area contributed by atoms with Crippen molar-refractivity contribution < 1.29 is 4.74 Å². The fourth-order valence-electron chi connectivity index (χ4n) is 1.33. The van der Waals surface area contributed by atoms with E-state index in [2.05, 4.69) is 44.9 Å². The number of thiol groups is 1. The number of benzene rings is 1. The van der Waals surface area contributed by atoms with Gasteiger partial charge in [-0.2, -0.15) is 12.6 Å². The molecule has 1 aromatic rings. The Morgan fingerprint density at radius 1 is 1.25 bits per heavy atom. The molecule has 0 aromatic heterocycles. The first-order chi connectivity index (χ1) is 7.67. The average molecular weight is 256 g/mol. The predicted molar refractivity (Wildman–Crippen MR) is 75.9 cm³/mol. The van der Waals surface area contributed by atoms with Crippen LogP contribution in [0.15, 0.2) is 29.2 Å². The van der Waals surface area contributed by atoms with Crippen LogP contribution < -0.4 is 4.74 Å². The highest BCUT2D eigenvalue weighted by Crippen LogP contribution is 2.20. The monoisotopic (exact) mass is 256 g/mol. The quantitative estimate of drug-likeness (QED) is 0.609. The molecule has 0 aliphatic rings. The lowest BCUT2D eigenvalue weighted by Crippen LogP contribution is -2.19. The molecular weight excluding hydrogens is 236 g/mol. The van der Waals surface area contributed by atoms with Crippen molar-refractivity contribution in [2.75, 3.05) is 18.6 Å². The lowest BCUT2D eigenvalue weighted by Gasteiger charge is -2.19. The second kappa shape index (κ2) is 7.13. The Kier molecular flexibility index (Phi) is 6.14. The van der Waals surface area contributed by atoms with E-state index in [0.717, 1.165) is 18.1 Å². The number of ether oxygens (including phenoxy) is 1. The van der Waals surface area contributed by atoms with Crippen LogP contribution in [-0.2, 0) is 0 Å². The van der Waals surface area contributed by atoms with E-state index >= 15 is 0 Å². The van der Waals surface area contributed by atoms with E-state index in [1.54, 1.807) is 11.8 Å². The third kappa shape index (κ3) is 4.30. The molecule has 0 fully saturated rings. The highest BCUT2D eigenvalue weighted by atomic mass is 32.2. The van der Waals surface area contributed by atoms with E-state index in [-0.39, 0.29) is 0 Å². The van der Waals surface area contributed by atoms with Crippen molar-refractivity contribution in [1.29, 1.82) is 0 Å². The van der Waals surface area contributed by atoms with E-state index < -0.39 is 0 Å². The minimum atomic E-state index is 0.517. The van der Waals surface area contributed by atoms with Crippen molar-refractivity contribution in [3.05, 3.63) is 24.3 Å². The maximum Gasteiger partial charge on any atom is 0.119 e. The number of thioether (sulfide) groups is 1. The van der Waals surface area contributed by atoms with Crippen LogP contribution in [0, 0.1) is 11.8 Å². The third-order valence-electron chi connectivity index (χ3n) is 2.70. The standard InChI is InChI=1S/C13H20OS2/c1-10(2)11(9-15)8-14-12-4-6-13(16-3)7-5-12/h4-7,10-11,15H,8-9H2,1-3H3. The maximum atomic E-state index is 5.76. The fourth-order valence-corrected chi connectivity index (χ4v) is 2.27. The maximum absolute atomic E-state index is 5.76. The highest BCUT2D eigenvalue weighted by Gasteiger charge is 2.12. The van der Waals surface area contributed by atoms with Crippen molar-refractivity contribution in [2.24, 2.45) is 11.8 Å². The molecule has 0 N–H and O–H groups in total. The van der Waals surface area contributed by atoms with Crippen LogP contribution in [-0.4, -0.2) is 18.6 Å². The molecule has 1 unspecified atom stereocenters. The van der Waals surface area contributed by atoms with Crippen molar-refractivity contribution in [1.82, 2.24) is 0 Å². The van der Waals surface area contributed by atoms with E-state index in [4.69, 9.17) is 4.74 Å². The molecule has 1 rings (SSSR count). The van der Waals surface area contributed by atoms with Crippen LogP contribution in [0.25, 0.3) is 0 Å². The summed E-state index contributed by atoms with van der Waals surface area (Å²) in [6.45, 7) is 5.17. The summed E-state index contributed by atoms with van der Waals surface area (Å²) in [7, 11) is 0. The molecule has 0 saturated carbocycles. The van der Waals surface area contributed by atoms with Gasteiger partial charge in [-0.15, -0.1) is 11.8 Å². The lowest BCUT2D eigenvalue weighted by atomic mass is 9.99. The smallest absolute Gasteiger partial charge is 0.119 e. The van der Waals surface area contributed by atoms with E-state index in [9.17, 15) is 0 Å². The van der Waals surface area contributed by atoms with E-state index in [0.29, 0.717) is 11.8 Å². The van der Waals surface area contributed by atoms with Gasteiger partial charge in [0.25, 0.3) is 0 Å². The van der Waals surface area contributed by atoms with Gasteiger partial charge < -0.3 is 4.74 Å². The summed E-state index contributed by atoms with van der Waals surface area (Å²) in [5, 5.41) is 0. The van der Waals surface area contributed by atoms with Crippen LogP contribution in [0.5, 0.6) is 5.75 Å². The van der Waals surface area contributed by atoms with Gasteiger partial charge in [0.15, 0.2) is 0 Å². The van der Waals surface area contributed by atoms with Gasteiger partial charge in [0.1, 0.15) is 5.75 Å². The number of hydrogen-bond donors (Lipinski definition) is 1. The molecule has 1 atom stereocenters. The third-order valence-corrected chi connectivity index (χ3v) is 3.91. The summed E-state index contributed by atoms with van der Waals surface area (Å²) in [5.41, 5.74) is 0. The van der Waals surface area contributed by atoms with Gasteiger partial charge in [0.05, 0.1) is 6.61 Å². The zero-order valence-corrected chi connectivity index (χ0v) is 11.9. The molecule has 1 nitrogen and oxygen atoms in total. The first-order valence-corrected chi connectivity index (χ1v) is 7.40. The summed E-state index contributed by atoms with van der Waals surface area (Å²) >= 11 is 6.09. The average Bonchev–Trinajstić information content (AvgIpc) is 2.30. The molecule has 0 aliphatic carbocycles. The normalized spacial score (nSPS) is 12.8. The van der Waals surface area contributed by atoms with Gasteiger partial charge in [0.2, 0.25) is 0 Å². The first-order valence-electron chi connectivity index (χ1n) is 5.55. The van der Waals surface area contributed by atoms with Crippen LogP contribution >= 0.6 is 24.4 Å². The van der Waals surface area contributed by atoms with Crippen molar-refractivity contribution in [3.8, 4) is 5.75 Å². The highest BCUT2D eigenvalue weighted by molar-refractivity contribution is 7.98. The molecule has 1 aromatic carbocycles. The van der Waals surface area contributed by atoms with Gasteiger partial charge in [-0.05, 0) is 42.2 Å². The molecule has 0 aliphatic heterocycles. The Morgan fingerprint density at radius 3 is 2.31 bits per heavy atom. The Hall–Kier alpha value is -0.280. The summed E-state index contributed by atoms with van der Waals surface area (Å²) in [4.78, 5) is 1.27. The molecule has 3 heteroatoms. The van der Waals surface area contributed by atoms with Crippen LogP contribution in [0.3, 0.4) is 0 Å². The topological polar surface area (TPSA) is 9.23 Å². The van der Waals surface area contributed by atoms with Crippen LogP contribution in [0.2, 0.25) is 0 Å². The molecule has 0 spiro atoms. The summed E-state index contributed by atoms with van der Waals surface area (Å²) in [6.07, 6.45) is 2.07. The summed E-state index contributed by atoms with van der Waals surface area (Å²) < 4.78 is 5.76. The lowest BCUT2D eigenvalue weighted by molar-refractivity contribution is 0.227. The number of rotatable bonds is 6. The fraction of sp³-hybridized carbons (Fsp3) is 0.538. The minimum absolute atomic E-state index is 0.517. The van der Waals surface area contributed by atoms with Gasteiger partial charge in [-0.25, -0.2) is 0 Å². The molecule has 0 heterocycles. The molecule has 0 saturated heterocycles. The molecule has 0 amide bonds. The van der Waals surface area contributed by atoms with Gasteiger partial charge >= 0.3 is 0 Å². The van der Waals surface area contributed by atoms with Gasteiger partial charge in [-0.3, -0.25) is 0 Å². The van der Waals surface area contributed by atoms with Crippen LogP contribution in [0.1, 0.15) is 13.8 Å². The molecule has 90 valence electrons.